The van der Waals surface area contributed by atoms with E-state index >= 15 is 0 Å². The van der Waals surface area contributed by atoms with Crippen LogP contribution in [0.3, 0.4) is 0 Å². The molecule has 0 fully saturated rings. The molecule has 132 valence electrons. The van der Waals surface area contributed by atoms with Gasteiger partial charge in [0.2, 0.25) is 0 Å². The normalized spacial score (nSPS) is 11.2. The molecule has 4 rings (SSSR count). The summed E-state index contributed by atoms with van der Waals surface area (Å²) in [5, 5.41) is 4.35. The van der Waals surface area contributed by atoms with Crippen LogP contribution >= 0.6 is 0 Å². The van der Waals surface area contributed by atoms with E-state index in [1.54, 1.807) is 16.8 Å². The number of oxazole rings is 1. The van der Waals surface area contributed by atoms with Gasteiger partial charge in [0.05, 0.1) is 5.52 Å². The van der Waals surface area contributed by atoms with Crippen LogP contribution in [0.5, 0.6) is 5.75 Å². The summed E-state index contributed by atoms with van der Waals surface area (Å²) in [5.74, 6) is 0.452. The van der Waals surface area contributed by atoms with Gasteiger partial charge in [-0.05, 0) is 24.3 Å². The number of benzene rings is 2. The molecule has 0 bridgehead atoms. The average Bonchev–Trinajstić information content (AvgIpc) is 3.00. The monoisotopic (exact) mass is 349 g/mol. The Balaban J connectivity index is 1.29. The topological polar surface area (TPSA) is 69.3 Å². The molecule has 0 unspecified atom stereocenters. The van der Waals surface area contributed by atoms with Crippen molar-refractivity contribution in [3.8, 4) is 5.75 Å². The Morgan fingerprint density at radius 1 is 1.04 bits per heavy atom. The number of para-hydroxylation sites is 3. The van der Waals surface area contributed by atoms with Crippen LogP contribution in [0.25, 0.3) is 22.0 Å². The number of hydrogen-bond donors (Lipinski definition) is 1. The number of hydrogen-bond acceptors (Lipinski definition) is 5. The fourth-order valence-corrected chi connectivity index (χ4v) is 2.97. The number of fused-ring (bicyclic) bond motifs is 2. The van der Waals surface area contributed by atoms with Crippen molar-refractivity contribution in [2.45, 2.75) is 6.54 Å². The Bertz CT molecular complexity index is 1080. The Hall–Kier alpha value is -3.12. The van der Waals surface area contributed by atoms with Gasteiger partial charge in [-0.2, -0.15) is 0 Å². The standard InChI is InChI=1S/C20H19N3O3/c24-20-23(16-7-1-2-8-17(16)26-20)13-11-21-12-14-25-18-9-3-5-15-6-4-10-22-19(15)18/h1-10,21H,11-14H2. The van der Waals surface area contributed by atoms with E-state index in [0.717, 1.165) is 22.2 Å². The summed E-state index contributed by atoms with van der Waals surface area (Å²) >= 11 is 0. The summed E-state index contributed by atoms with van der Waals surface area (Å²) in [6.07, 6.45) is 1.76. The van der Waals surface area contributed by atoms with Crippen molar-refractivity contribution in [1.82, 2.24) is 14.9 Å². The van der Waals surface area contributed by atoms with Gasteiger partial charge in [0.15, 0.2) is 5.58 Å². The van der Waals surface area contributed by atoms with E-state index in [9.17, 15) is 4.79 Å². The number of ether oxygens (including phenoxy) is 1. The van der Waals surface area contributed by atoms with E-state index in [0.29, 0.717) is 31.8 Å². The van der Waals surface area contributed by atoms with Crippen LogP contribution in [-0.2, 0) is 6.54 Å². The second kappa shape index (κ2) is 7.41. The van der Waals surface area contributed by atoms with Gasteiger partial charge < -0.3 is 14.5 Å². The Morgan fingerprint density at radius 3 is 2.88 bits per heavy atom. The van der Waals surface area contributed by atoms with Crippen molar-refractivity contribution in [3.63, 3.8) is 0 Å². The Morgan fingerprint density at radius 2 is 1.92 bits per heavy atom. The lowest BCUT2D eigenvalue weighted by Gasteiger charge is -2.09. The largest absolute Gasteiger partial charge is 0.490 e. The molecule has 1 N–H and O–H groups in total. The molecule has 6 heteroatoms. The van der Waals surface area contributed by atoms with Crippen LogP contribution in [0, 0.1) is 0 Å². The lowest BCUT2D eigenvalue weighted by atomic mass is 10.2. The maximum Gasteiger partial charge on any atom is 0.419 e. The second-order valence-corrected chi connectivity index (χ2v) is 5.92. The zero-order chi connectivity index (χ0) is 17.8. The summed E-state index contributed by atoms with van der Waals surface area (Å²) in [6, 6.07) is 17.3. The van der Waals surface area contributed by atoms with Crippen LogP contribution in [0.15, 0.2) is 70.0 Å². The van der Waals surface area contributed by atoms with Crippen LogP contribution < -0.4 is 15.8 Å². The molecule has 26 heavy (non-hydrogen) atoms. The maximum atomic E-state index is 11.9. The fourth-order valence-electron chi connectivity index (χ4n) is 2.97. The molecule has 4 aromatic rings. The molecule has 0 spiro atoms. The third-order valence-corrected chi connectivity index (χ3v) is 4.22. The molecule has 0 aliphatic heterocycles. The summed E-state index contributed by atoms with van der Waals surface area (Å²) in [4.78, 5) is 16.3. The first-order chi connectivity index (χ1) is 12.8. The van der Waals surface area contributed by atoms with Gasteiger partial charge in [0.1, 0.15) is 17.9 Å². The molecule has 2 aromatic heterocycles. The van der Waals surface area contributed by atoms with Crippen molar-refractivity contribution in [1.29, 1.82) is 0 Å². The first-order valence-electron chi connectivity index (χ1n) is 8.58. The first kappa shape index (κ1) is 16.4. The van der Waals surface area contributed by atoms with Crippen LogP contribution in [-0.4, -0.2) is 29.2 Å². The molecule has 2 aromatic carbocycles. The van der Waals surface area contributed by atoms with Crippen molar-refractivity contribution < 1.29 is 9.15 Å². The smallest absolute Gasteiger partial charge is 0.419 e. The molecule has 6 nitrogen and oxygen atoms in total. The molecular weight excluding hydrogens is 330 g/mol. The highest BCUT2D eigenvalue weighted by molar-refractivity contribution is 5.84. The number of rotatable bonds is 7. The van der Waals surface area contributed by atoms with Gasteiger partial charge >= 0.3 is 5.76 Å². The maximum absolute atomic E-state index is 11.9. The highest BCUT2D eigenvalue weighted by Crippen LogP contribution is 2.22. The molecule has 0 saturated heterocycles. The Kier molecular flexibility index (Phi) is 4.66. The minimum Gasteiger partial charge on any atom is -0.490 e. The molecular formula is C20H19N3O3. The van der Waals surface area contributed by atoms with E-state index in [1.807, 2.05) is 48.5 Å². The predicted octanol–water partition coefficient (Wildman–Crippen LogP) is 2.81. The fraction of sp³-hybridized carbons (Fsp3) is 0.200. The zero-order valence-electron chi connectivity index (χ0n) is 14.2. The molecule has 0 saturated carbocycles. The van der Waals surface area contributed by atoms with Crippen molar-refractivity contribution in [3.05, 3.63) is 71.3 Å². The highest BCUT2D eigenvalue weighted by atomic mass is 16.5. The first-order valence-corrected chi connectivity index (χ1v) is 8.58. The van der Waals surface area contributed by atoms with Gasteiger partial charge in [-0.1, -0.05) is 30.3 Å². The zero-order valence-corrected chi connectivity index (χ0v) is 14.2. The summed E-state index contributed by atoms with van der Waals surface area (Å²) in [5.41, 5.74) is 2.30. The molecule has 0 amide bonds. The summed E-state index contributed by atoms with van der Waals surface area (Å²) in [6.45, 7) is 2.40. The number of nitrogens with one attached hydrogen (secondary N) is 1. The van der Waals surface area contributed by atoms with Gasteiger partial charge in [-0.15, -0.1) is 0 Å². The van der Waals surface area contributed by atoms with Gasteiger partial charge in [-0.3, -0.25) is 9.55 Å². The number of nitrogens with zero attached hydrogens (tertiary/aromatic N) is 2. The van der Waals surface area contributed by atoms with Crippen molar-refractivity contribution >= 4 is 22.0 Å². The highest BCUT2D eigenvalue weighted by Gasteiger charge is 2.07. The molecule has 0 aliphatic carbocycles. The van der Waals surface area contributed by atoms with E-state index in [4.69, 9.17) is 9.15 Å². The van der Waals surface area contributed by atoms with Crippen LogP contribution in [0.1, 0.15) is 0 Å². The lowest BCUT2D eigenvalue weighted by Crippen LogP contribution is -2.27. The molecule has 0 atom stereocenters. The van der Waals surface area contributed by atoms with Crippen LogP contribution in [0.4, 0.5) is 0 Å². The van der Waals surface area contributed by atoms with E-state index < -0.39 is 0 Å². The molecule has 2 heterocycles. The van der Waals surface area contributed by atoms with E-state index in [2.05, 4.69) is 10.3 Å². The summed E-state index contributed by atoms with van der Waals surface area (Å²) < 4.78 is 12.7. The lowest BCUT2D eigenvalue weighted by molar-refractivity contribution is 0.315. The average molecular weight is 349 g/mol. The molecule has 0 aliphatic rings. The van der Waals surface area contributed by atoms with Gasteiger partial charge in [0, 0.05) is 31.2 Å². The minimum atomic E-state index is -0.328. The number of pyridine rings is 1. The van der Waals surface area contributed by atoms with Crippen molar-refractivity contribution in [2.24, 2.45) is 0 Å². The summed E-state index contributed by atoms with van der Waals surface area (Å²) in [7, 11) is 0. The third kappa shape index (κ3) is 3.32. The van der Waals surface area contributed by atoms with E-state index in [-0.39, 0.29) is 5.76 Å². The molecule has 0 radical (unpaired) electrons. The van der Waals surface area contributed by atoms with E-state index in [1.165, 1.54) is 0 Å². The third-order valence-electron chi connectivity index (χ3n) is 4.22. The minimum absolute atomic E-state index is 0.328. The van der Waals surface area contributed by atoms with Crippen molar-refractivity contribution in [2.75, 3.05) is 19.7 Å². The quantitative estimate of drug-likeness (QED) is 0.520. The van der Waals surface area contributed by atoms with Gasteiger partial charge in [0.25, 0.3) is 0 Å². The number of aromatic nitrogens is 2. The van der Waals surface area contributed by atoms with Crippen LogP contribution in [0.2, 0.25) is 0 Å². The van der Waals surface area contributed by atoms with Gasteiger partial charge in [-0.25, -0.2) is 4.79 Å². The SMILES string of the molecule is O=c1oc2ccccc2n1CCNCCOc1cccc2cccnc12. The predicted molar refractivity (Wildman–Crippen MR) is 101 cm³/mol. The second-order valence-electron chi connectivity index (χ2n) is 5.92. The Labute approximate surface area is 150 Å².